The fourth-order valence-electron chi connectivity index (χ4n) is 1.79. The van der Waals surface area contributed by atoms with Crippen LogP contribution in [-0.4, -0.2) is 28.3 Å². The number of nitro benzene ring substituents is 1. The summed E-state index contributed by atoms with van der Waals surface area (Å²) in [7, 11) is 0. The molecule has 0 fully saturated rings. The number of benzene rings is 2. The molecule has 9 heteroatoms. The predicted octanol–water partition coefficient (Wildman–Crippen LogP) is 2.98. The Kier molecular flexibility index (Phi) is 6.07. The van der Waals surface area contributed by atoms with Gasteiger partial charge in [-0.3, -0.25) is 14.9 Å². The molecule has 0 aliphatic carbocycles. The number of nitrogens with one attached hydrogen (secondary N) is 1. The molecule has 8 nitrogen and oxygen atoms in total. The fraction of sp³-hybridized carbons (Fsp3) is 0.125. The highest BCUT2D eigenvalue weighted by molar-refractivity contribution is 9.10. The zero-order valence-corrected chi connectivity index (χ0v) is 14.6. The maximum atomic E-state index is 11.9. The second-order valence-corrected chi connectivity index (χ2v) is 5.86. The molecule has 1 amide bonds. The number of rotatable bonds is 6. The molecule has 25 heavy (non-hydrogen) atoms. The molecule has 1 atom stereocenters. The molecule has 0 aromatic heterocycles. The lowest BCUT2D eigenvalue weighted by Crippen LogP contribution is -2.33. The van der Waals surface area contributed by atoms with Crippen LogP contribution in [0.15, 0.2) is 52.0 Å². The van der Waals surface area contributed by atoms with Gasteiger partial charge in [-0.2, -0.15) is 5.10 Å². The minimum Gasteiger partial charge on any atom is -0.507 e. The molecule has 0 spiro atoms. The van der Waals surface area contributed by atoms with Crippen LogP contribution < -0.4 is 10.2 Å². The molecule has 130 valence electrons. The van der Waals surface area contributed by atoms with Crippen LogP contribution in [-0.2, 0) is 4.79 Å². The van der Waals surface area contributed by atoms with Gasteiger partial charge in [-0.05, 0) is 37.3 Å². The number of hydrazone groups is 1. The maximum Gasteiger partial charge on any atom is 0.280 e. The van der Waals surface area contributed by atoms with E-state index in [9.17, 15) is 20.0 Å². The highest BCUT2D eigenvalue weighted by atomic mass is 79.9. The molecule has 0 aliphatic heterocycles. The maximum absolute atomic E-state index is 11.9. The number of phenols is 1. The van der Waals surface area contributed by atoms with E-state index in [1.54, 1.807) is 31.2 Å². The van der Waals surface area contributed by atoms with Gasteiger partial charge in [0.1, 0.15) is 11.5 Å². The Hall–Kier alpha value is -2.94. The van der Waals surface area contributed by atoms with Gasteiger partial charge < -0.3 is 9.84 Å². The zero-order chi connectivity index (χ0) is 18.4. The van der Waals surface area contributed by atoms with Crippen LogP contribution in [0.5, 0.6) is 11.5 Å². The van der Waals surface area contributed by atoms with Crippen molar-refractivity contribution in [3.05, 3.63) is 62.6 Å². The first-order valence-corrected chi connectivity index (χ1v) is 7.88. The van der Waals surface area contributed by atoms with Crippen LogP contribution in [0.2, 0.25) is 0 Å². The number of carbonyl (C=O) groups is 1. The third-order valence-electron chi connectivity index (χ3n) is 3.10. The quantitative estimate of drug-likeness (QED) is 0.433. The van der Waals surface area contributed by atoms with Gasteiger partial charge in [0.25, 0.3) is 11.6 Å². The van der Waals surface area contributed by atoms with E-state index in [2.05, 4.69) is 26.5 Å². The summed E-state index contributed by atoms with van der Waals surface area (Å²) in [6.45, 7) is 1.55. The van der Waals surface area contributed by atoms with Crippen molar-refractivity contribution < 1.29 is 19.6 Å². The van der Waals surface area contributed by atoms with E-state index in [1.807, 2.05) is 0 Å². The summed E-state index contributed by atoms with van der Waals surface area (Å²) in [6, 6.07) is 10.5. The minimum atomic E-state index is -0.808. The minimum absolute atomic E-state index is 0.107. The van der Waals surface area contributed by atoms with Crippen LogP contribution >= 0.6 is 15.9 Å². The monoisotopic (exact) mass is 407 g/mol. The van der Waals surface area contributed by atoms with Crippen LogP contribution in [0.4, 0.5) is 5.69 Å². The van der Waals surface area contributed by atoms with Crippen molar-refractivity contribution in [2.45, 2.75) is 13.0 Å². The molecule has 2 N–H and O–H groups in total. The molecule has 0 saturated heterocycles. The van der Waals surface area contributed by atoms with Crippen molar-refractivity contribution in [1.29, 1.82) is 0 Å². The fourth-order valence-corrected chi connectivity index (χ4v) is 2.05. The van der Waals surface area contributed by atoms with Crippen molar-refractivity contribution >= 4 is 33.7 Å². The van der Waals surface area contributed by atoms with Crippen LogP contribution in [0.1, 0.15) is 12.5 Å². The van der Waals surface area contributed by atoms with Crippen molar-refractivity contribution in [2.75, 3.05) is 0 Å². The first kappa shape index (κ1) is 18.4. The third kappa shape index (κ3) is 5.28. The highest BCUT2D eigenvalue weighted by Gasteiger charge is 2.14. The van der Waals surface area contributed by atoms with E-state index in [0.717, 1.165) is 16.8 Å². The largest absolute Gasteiger partial charge is 0.507 e. The number of phenolic OH excluding ortho intramolecular Hbond substituents is 1. The number of halogens is 1. The molecular formula is C16H14BrN3O5. The van der Waals surface area contributed by atoms with E-state index >= 15 is 0 Å². The first-order valence-electron chi connectivity index (χ1n) is 7.09. The van der Waals surface area contributed by atoms with E-state index in [-0.39, 0.29) is 17.0 Å². The lowest BCUT2D eigenvalue weighted by molar-refractivity contribution is -0.384. The lowest BCUT2D eigenvalue weighted by atomic mass is 10.2. The predicted molar refractivity (Wildman–Crippen MR) is 94.7 cm³/mol. The van der Waals surface area contributed by atoms with Gasteiger partial charge in [-0.1, -0.05) is 15.9 Å². The number of hydrogen-bond acceptors (Lipinski definition) is 6. The van der Waals surface area contributed by atoms with E-state index < -0.39 is 16.9 Å². The molecule has 0 unspecified atom stereocenters. The van der Waals surface area contributed by atoms with Gasteiger partial charge >= 0.3 is 0 Å². The van der Waals surface area contributed by atoms with Gasteiger partial charge in [-0.25, -0.2) is 5.43 Å². The second-order valence-electron chi connectivity index (χ2n) is 4.95. The number of ether oxygens (including phenoxy) is 1. The summed E-state index contributed by atoms with van der Waals surface area (Å²) >= 11 is 3.30. The Morgan fingerprint density at radius 1 is 1.36 bits per heavy atom. The van der Waals surface area contributed by atoms with E-state index in [1.165, 1.54) is 12.1 Å². The number of non-ortho nitro benzene ring substituents is 1. The molecule has 0 aliphatic rings. The van der Waals surface area contributed by atoms with Crippen LogP contribution in [0.3, 0.4) is 0 Å². The number of hydrogen-bond donors (Lipinski definition) is 2. The highest BCUT2D eigenvalue weighted by Crippen LogP contribution is 2.21. The molecule has 0 heterocycles. The Labute approximate surface area is 151 Å². The normalized spacial score (nSPS) is 11.9. The van der Waals surface area contributed by atoms with Crippen LogP contribution in [0.25, 0.3) is 0 Å². The summed E-state index contributed by atoms with van der Waals surface area (Å²) in [6.07, 6.45) is 0.309. The Morgan fingerprint density at radius 3 is 2.68 bits per heavy atom. The van der Waals surface area contributed by atoms with Gasteiger partial charge in [0.05, 0.1) is 11.1 Å². The van der Waals surface area contributed by atoms with Crippen molar-refractivity contribution in [1.82, 2.24) is 5.43 Å². The second kappa shape index (κ2) is 8.25. The van der Waals surface area contributed by atoms with E-state index in [0.29, 0.717) is 5.75 Å². The SMILES string of the molecule is C[C@H](Oc1ccc(Br)cc1)C(=O)N/N=C/c1cc([N+](=O)[O-])ccc1O. The topological polar surface area (TPSA) is 114 Å². The van der Waals surface area contributed by atoms with Crippen LogP contribution in [0, 0.1) is 10.1 Å². The lowest BCUT2D eigenvalue weighted by Gasteiger charge is -2.12. The van der Waals surface area contributed by atoms with Gasteiger partial charge in [0.15, 0.2) is 6.10 Å². The standard InChI is InChI=1S/C16H14BrN3O5/c1-10(25-14-5-2-12(17)3-6-14)16(22)19-18-9-11-8-13(20(23)24)4-7-15(11)21/h2-10,21H,1H3,(H,19,22)/b18-9+/t10-/m0/s1. The average Bonchev–Trinajstić information content (AvgIpc) is 2.58. The summed E-state index contributed by atoms with van der Waals surface area (Å²) in [5.41, 5.74) is 2.16. The Morgan fingerprint density at radius 2 is 2.04 bits per heavy atom. The molecular weight excluding hydrogens is 394 g/mol. The van der Waals surface area contributed by atoms with Gasteiger partial charge in [-0.15, -0.1) is 0 Å². The van der Waals surface area contributed by atoms with Crippen molar-refractivity contribution in [2.24, 2.45) is 5.10 Å². The number of aromatic hydroxyl groups is 1. The molecule has 0 radical (unpaired) electrons. The average molecular weight is 408 g/mol. The van der Waals surface area contributed by atoms with Crippen molar-refractivity contribution in [3.8, 4) is 11.5 Å². The third-order valence-corrected chi connectivity index (χ3v) is 3.62. The summed E-state index contributed by atoms with van der Waals surface area (Å²) in [5.74, 6) is -0.182. The molecule has 0 saturated carbocycles. The smallest absolute Gasteiger partial charge is 0.280 e. The molecule has 2 aromatic rings. The number of nitrogens with zero attached hydrogens (tertiary/aromatic N) is 2. The zero-order valence-electron chi connectivity index (χ0n) is 13.0. The molecule has 2 rings (SSSR count). The number of amides is 1. The van der Waals surface area contributed by atoms with Crippen molar-refractivity contribution in [3.63, 3.8) is 0 Å². The first-order chi connectivity index (χ1) is 11.9. The summed E-state index contributed by atoms with van der Waals surface area (Å²) < 4.78 is 6.35. The summed E-state index contributed by atoms with van der Waals surface area (Å²) in [5, 5.41) is 24.1. The van der Waals surface area contributed by atoms with Gasteiger partial charge in [0.2, 0.25) is 0 Å². The summed E-state index contributed by atoms with van der Waals surface area (Å²) in [4.78, 5) is 22.1. The number of carbonyl (C=O) groups excluding carboxylic acids is 1. The number of nitro groups is 1. The molecule has 0 bridgehead atoms. The van der Waals surface area contributed by atoms with E-state index in [4.69, 9.17) is 4.74 Å². The molecule has 2 aromatic carbocycles. The van der Waals surface area contributed by atoms with Gasteiger partial charge in [0, 0.05) is 22.2 Å². The Bertz CT molecular complexity index is 808. The Balaban J connectivity index is 1.96.